The van der Waals surface area contributed by atoms with Crippen molar-refractivity contribution in [3.63, 3.8) is 0 Å². The summed E-state index contributed by atoms with van der Waals surface area (Å²) in [6.45, 7) is 11.6. The van der Waals surface area contributed by atoms with E-state index in [4.69, 9.17) is 0 Å². The summed E-state index contributed by atoms with van der Waals surface area (Å²) in [5, 5.41) is 20.2. The number of rotatable bonds is 4. The number of allylic oxidation sites excluding steroid dienone is 2. The normalized spacial score (nSPS) is 31.9. The van der Waals surface area contributed by atoms with Gasteiger partial charge < -0.3 is 10.2 Å². The number of aliphatic hydroxyl groups is 2. The van der Waals surface area contributed by atoms with Crippen LogP contribution in [0.1, 0.15) is 40.5 Å². The molecule has 98 valence electrons. The van der Waals surface area contributed by atoms with Crippen molar-refractivity contribution in [2.24, 2.45) is 17.8 Å². The Hall–Kier alpha value is -0.600. The molecule has 17 heavy (non-hydrogen) atoms. The fraction of sp³-hybridized carbons (Fsp3) is 0.733. The summed E-state index contributed by atoms with van der Waals surface area (Å²) in [5.74, 6) is 0.757. The predicted molar refractivity (Wildman–Crippen MR) is 71.6 cm³/mol. The molecule has 0 saturated carbocycles. The molecule has 2 nitrogen and oxygen atoms in total. The van der Waals surface area contributed by atoms with E-state index in [-0.39, 0.29) is 11.8 Å². The van der Waals surface area contributed by atoms with Crippen molar-refractivity contribution < 1.29 is 10.2 Å². The van der Waals surface area contributed by atoms with Gasteiger partial charge in [-0.25, -0.2) is 0 Å². The summed E-state index contributed by atoms with van der Waals surface area (Å²) in [5.41, 5.74) is 0.542. The minimum Gasteiger partial charge on any atom is -0.390 e. The van der Waals surface area contributed by atoms with Crippen molar-refractivity contribution in [2.45, 2.75) is 52.2 Å². The Morgan fingerprint density at radius 1 is 1.59 bits per heavy atom. The predicted octanol–water partition coefficient (Wildman–Crippen LogP) is 2.91. The number of hydrogen-bond donors (Lipinski definition) is 2. The molecule has 1 aliphatic rings. The lowest BCUT2D eigenvalue weighted by molar-refractivity contribution is 0.00711. The summed E-state index contributed by atoms with van der Waals surface area (Å²) >= 11 is 0. The molecule has 2 N–H and O–H groups in total. The van der Waals surface area contributed by atoms with Gasteiger partial charge in [-0.2, -0.15) is 0 Å². The maximum absolute atomic E-state index is 10.2. The van der Waals surface area contributed by atoms with E-state index in [2.05, 4.69) is 20.4 Å². The van der Waals surface area contributed by atoms with Crippen LogP contribution in [0.5, 0.6) is 0 Å². The molecule has 0 amide bonds. The van der Waals surface area contributed by atoms with Gasteiger partial charge in [0, 0.05) is 0 Å². The molecule has 1 rings (SSSR count). The molecule has 1 aliphatic carbocycles. The molecular formula is C15H26O2. The highest BCUT2D eigenvalue weighted by Crippen LogP contribution is 2.39. The first-order valence-electron chi connectivity index (χ1n) is 6.45. The molecule has 0 bridgehead atoms. The second-order valence-electron chi connectivity index (χ2n) is 6.16. The maximum atomic E-state index is 10.2. The Morgan fingerprint density at radius 3 is 2.65 bits per heavy atom. The van der Waals surface area contributed by atoms with Gasteiger partial charge in [0.15, 0.2) is 0 Å². The Balaban J connectivity index is 2.90. The highest BCUT2D eigenvalue weighted by atomic mass is 16.3. The summed E-state index contributed by atoms with van der Waals surface area (Å²) < 4.78 is 0. The summed E-state index contributed by atoms with van der Waals surface area (Å²) in [7, 11) is 0. The minimum atomic E-state index is -0.679. The second-order valence-corrected chi connectivity index (χ2v) is 6.16. The van der Waals surface area contributed by atoms with Crippen LogP contribution in [0.15, 0.2) is 24.3 Å². The van der Waals surface area contributed by atoms with E-state index < -0.39 is 11.7 Å². The molecule has 2 heteroatoms. The summed E-state index contributed by atoms with van der Waals surface area (Å²) in [6, 6.07) is 0. The Morgan fingerprint density at radius 2 is 2.18 bits per heavy atom. The number of hydrogen-bond acceptors (Lipinski definition) is 2. The second kappa shape index (κ2) is 5.36. The molecule has 0 aromatic carbocycles. The Labute approximate surface area is 105 Å². The van der Waals surface area contributed by atoms with Gasteiger partial charge in [-0.05, 0) is 51.4 Å². The lowest BCUT2D eigenvalue weighted by atomic mass is 9.69. The zero-order valence-corrected chi connectivity index (χ0v) is 11.5. The van der Waals surface area contributed by atoms with Crippen molar-refractivity contribution in [3.05, 3.63) is 24.3 Å². The van der Waals surface area contributed by atoms with Crippen molar-refractivity contribution in [1.29, 1.82) is 0 Å². The maximum Gasteiger partial charge on any atom is 0.0759 e. The van der Waals surface area contributed by atoms with Crippen molar-refractivity contribution in [3.8, 4) is 0 Å². The molecule has 0 saturated heterocycles. The van der Waals surface area contributed by atoms with Gasteiger partial charge in [-0.1, -0.05) is 24.6 Å². The first-order chi connectivity index (χ1) is 7.74. The van der Waals surface area contributed by atoms with Gasteiger partial charge in [0.1, 0.15) is 0 Å². The van der Waals surface area contributed by atoms with Crippen LogP contribution >= 0.6 is 0 Å². The van der Waals surface area contributed by atoms with Gasteiger partial charge in [0.2, 0.25) is 0 Å². The summed E-state index contributed by atoms with van der Waals surface area (Å²) in [4.78, 5) is 0. The van der Waals surface area contributed by atoms with E-state index in [0.717, 1.165) is 12.8 Å². The van der Waals surface area contributed by atoms with Crippen LogP contribution in [-0.2, 0) is 0 Å². The summed E-state index contributed by atoms with van der Waals surface area (Å²) in [6.07, 6.45) is 5.12. The van der Waals surface area contributed by atoms with E-state index in [1.807, 2.05) is 26.0 Å². The fourth-order valence-electron chi connectivity index (χ4n) is 3.05. The number of aliphatic hydroxyl groups excluding tert-OH is 1. The molecule has 0 unspecified atom stereocenters. The largest absolute Gasteiger partial charge is 0.390 e. The third-order valence-electron chi connectivity index (χ3n) is 3.72. The van der Waals surface area contributed by atoms with Gasteiger partial charge in [0.05, 0.1) is 11.7 Å². The molecule has 0 spiro atoms. The van der Waals surface area contributed by atoms with E-state index in [1.54, 1.807) is 0 Å². The van der Waals surface area contributed by atoms with Crippen LogP contribution in [0.4, 0.5) is 0 Å². The Bertz CT molecular complexity index is 299. The van der Waals surface area contributed by atoms with Gasteiger partial charge in [-0.15, -0.1) is 6.58 Å². The van der Waals surface area contributed by atoms with Crippen LogP contribution in [0.25, 0.3) is 0 Å². The van der Waals surface area contributed by atoms with Gasteiger partial charge in [0.25, 0.3) is 0 Å². The Kier molecular flexibility index (Phi) is 4.56. The molecule has 0 heterocycles. The quantitative estimate of drug-likeness (QED) is 0.739. The van der Waals surface area contributed by atoms with Crippen LogP contribution in [-0.4, -0.2) is 21.9 Å². The SMILES string of the molecule is C=C[C@H](C)[C@H]1[C@H](CC(C)(C)O)CC(C)=C[C@H]1O. The molecule has 0 aromatic rings. The van der Waals surface area contributed by atoms with Gasteiger partial charge >= 0.3 is 0 Å². The van der Waals surface area contributed by atoms with Crippen LogP contribution in [0.3, 0.4) is 0 Å². The molecule has 0 radical (unpaired) electrons. The molecular weight excluding hydrogens is 212 g/mol. The highest BCUT2D eigenvalue weighted by molar-refractivity contribution is 5.12. The van der Waals surface area contributed by atoms with Crippen molar-refractivity contribution in [1.82, 2.24) is 0 Å². The molecule has 4 atom stereocenters. The van der Waals surface area contributed by atoms with Crippen LogP contribution in [0, 0.1) is 17.8 Å². The average molecular weight is 238 g/mol. The minimum absolute atomic E-state index is 0.169. The first-order valence-corrected chi connectivity index (χ1v) is 6.45. The van der Waals surface area contributed by atoms with Crippen LogP contribution < -0.4 is 0 Å². The van der Waals surface area contributed by atoms with E-state index in [9.17, 15) is 10.2 Å². The lowest BCUT2D eigenvalue weighted by Gasteiger charge is -2.39. The van der Waals surface area contributed by atoms with E-state index in [0.29, 0.717) is 5.92 Å². The van der Waals surface area contributed by atoms with E-state index in [1.165, 1.54) is 5.57 Å². The third kappa shape index (κ3) is 3.97. The highest BCUT2D eigenvalue weighted by Gasteiger charge is 2.36. The smallest absolute Gasteiger partial charge is 0.0759 e. The monoisotopic (exact) mass is 238 g/mol. The zero-order chi connectivity index (χ0) is 13.2. The zero-order valence-electron chi connectivity index (χ0n) is 11.5. The third-order valence-corrected chi connectivity index (χ3v) is 3.72. The average Bonchev–Trinajstić information content (AvgIpc) is 2.13. The van der Waals surface area contributed by atoms with Gasteiger partial charge in [-0.3, -0.25) is 0 Å². The topological polar surface area (TPSA) is 40.5 Å². The fourth-order valence-corrected chi connectivity index (χ4v) is 3.05. The molecule has 0 fully saturated rings. The first kappa shape index (κ1) is 14.5. The molecule has 0 aliphatic heterocycles. The van der Waals surface area contributed by atoms with Crippen molar-refractivity contribution >= 4 is 0 Å². The van der Waals surface area contributed by atoms with Crippen LogP contribution in [0.2, 0.25) is 0 Å². The van der Waals surface area contributed by atoms with Crippen molar-refractivity contribution in [2.75, 3.05) is 0 Å². The standard InChI is InChI=1S/C15H26O2/c1-6-11(3)14-12(9-15(4,5)17)7-10(2)8-13(14)16/h6,8,11-14,16-17H,1,7,9H2,2-5H3/t11-,12-,13+,14-/m0/s1. The lowest BCUT2D eigenvalue weighted by Crippen LogP contribution is -2.38. The molecule has 0 aromatic heterocycles. The van der Waals surface area contributed by atoms with E-state index >= 15 is 0 Å².